The largest absolute Gasteiger partial charge is 0.489 e. The quantitative estimate of drug-likeness (QED) is 0.459. The Morgan fingerprint density at radius 2 is 2.03 bits per heavy atom. The molecule has 0 radical (unpaired) electrons. The predicted octanol–water partition coefficient (Wildman–Crippen LogP) is 5.24. The Morgan fingerprint density at radius 1 is 1.22 bits per heavy atom. The molecule has 36 heavy (non-hydrogen) atoms. The lowest BCUT2D eigenvalue weighted by atomic mass is 10.0. The highest BCUT2D eigenvalue weighted by molar-refractivity contribution is 6.32. The van der Waals surface area contributed by atoms with Crippen molar-refractivity contribution in [2.75, 3.05) is 39.6 Å². The molecule has 2 aromatic carbocycles. The van der Waals surface area contributed by atoms with Crippen LogP contribution in [-0.4, -0.2) is 61.7 Å². The minimum absolute atomic E-state index is 0.0791. The first kappa shape index (κ1) is 25.9. The molecule has 2 aromatic rings. The number of aliphatic carboxylic acids is 1. The van der Waals surface area contributed by atoms with E-state index in [0.29, 0.717) is 48.5 Å². The summed E-state index contributed by atoms with van der Waals surface area (Å²) in [6.45, 7) is 0.116. The normalized spacial score (nSPS) is 15.6. The molecule has 4 rings (SSSR count). The Balaban J connectivity index is 1.38. The van der Waals surface area contributed by atoms with Gasteiger partial charge in [0.05, 0.1) is 10.6 Å². The van der Waals surface area contributed by atoms with E-state index in [-0.39, 0.29) is 29.7 Å². The van der Waals surface area contributed by atoms with Gasteiger partial charge in [0.25, 0.3) is 0 Å². The van der Waals surface area contributed by atoms with Crippen LogP contribution in [0.25, 0.3) is 6.08 Å². The van der Waals surface area contributed by atoms with Crippen molar-refractivity contribution in [3.05, 3.63) is 69.5 Å². The van der Waals surface area contributed by atoms with Crippen molar-refractivity contribution in [1.29, 1.82) is 0 Å². The number of carboxylic acids is 1. The third-order valence-electron chi connectivity index (χ3n) is 5.86. The molecule has 192 valence electrons. The molecule has 10 heteroatoms. The van der Waals surface area contributed by atoms with E-state index in [2.05, 4.69) is 4.90 Å². The molecule has 0 bridgehead atoms. The van der Waals surface area contributed by atoms with Gasteiger partial charge in [-0.3, -0.25) is 4.90 Å². The number of hydrogen-bond donors (Lipinski definition) is 1. The molecule has 0 amide bonds. The molecule has 0 fully saturated rings. The van der Waals surface area contributed by atoms with E-state index in [1.807, 2.05) is 0 Å². The van der Waals surface area contributed by atoms with E-state index in [0.717, 1.165) is 5.57 Å². The third-order valence-corrected chi connectivity index (χ3v) is 6.16. The van der Waals surface area contributed by atoms with Crippen LogP contribution in [0.15, 0.2) is 47.6 Å². The van der Waals surface area contributed by atoms with Crippen LogP contribution in [0, 0.1) is 5.82 Å². The second-order valence-corrected chi connectivity index (χ2v) is 8.94. The minimum Gasteiger partial charge on any atom is -0.489 e. The van der Waals surface area contributed by atoms with Crippen LogP contribution in [0.4, 0.5) is 13.2 Å². The molecule has 0 saturated heterocycles. The number of carboxylic acid groups (broad SMARTS) is 1. The summed E-state index contributed by atoms with van der Waals surface area (Å²) in [6.07, 6.45) is 2.72. The highest BCUT2D eigenvalue weighted by Gasteiger charge is 2.21. The van der Waals surface area contributed by atoms with Crippen molar-refractivity contribution in [2.24, 2.45) is 0 Å². The van der Waals surface area contributed by atoms with E-state index >= 15 is 0 Å². The van der Waals surface area contributed by atoms with E-state index < -0.39 is 31.2 Å². The molecule has 0 aromatic heterocycles. The van der Waals surface area contributed by atoms with Crippen LogP contribution >= 0.6 is 11.6 Å². The van der Waals surface area contributed by atoms with Crippen molar-refractivity contribution in [1.82, 2.24) is 4.90 Å². The average molecular weight is 524 g/mol. The first-order valence-corrected chi connectivity index (χ1v) is 11.7. The zero-order valence-corrected chi connectivity index (χ0v) is 20.1. The number of ether oxygens (including phenoxy) is 3. The summed E-state index contributed by atoms with van der Waals surface area (Å²) < 4.78 is 56.9. The van der Waals surface area contributed by atoms with Crippen molar-refractivity contribution in [3.8, 4) is 17.2 Å². The van der Waals surface area contributed by atoms with Crippen LogP contribution in [0.3, 0.4) is 0 Å². The average Bonchev–Trinajstić information content (AvgIpc) is 2.87. The lowest BCUT2D eigenvalue weighted by molar-refractivity contribution is -0.133. The molecule has 2 heterocycles. The summed E-state index contributed by atoms with van der Waals surface area (Å²) in [4.78, 5) is 13.1. The Labute approximate surface area is 211 Å². The zero-order chi connectivity index (χ0) is 25.7. The highest BCUT2D eigenvalue weighted by atomic mass is 35.5. The van der Waals surface area contributed by atoms with E-state index in [4.69, 9.17) is 30.9 Å². The third kappa shape index (κ3) is 6.33. The number of halogens is 4. The fourth-order valence-corrected chi connectivity index (χ4v) is 4.18. The van der Waals surface area contributed by atoms with E-state index in [1.54, 1.807) is 30.4 Å². The molecule has 2 aliphatic rings. The molecular formula is C26H25ClF3NO5. The minimum atomic E-state index is -1.21. The summed E-state index contributed by atoms with van der Waals surface area (Å²) >= 11 is 6.15. The summed E-state index contributed by atoms with van der Waals surface area (Å²) in [6, 6.07) is 7.59. The SMILES string of the molecule is O=C(O)C1=CCN(CC2=Cc3c(F)cc(OCc4ccc(OC(CF)CF)c(Cl)c4)cc3OC2)CC1. The van der Waals surface area contributed by atoms with E-state index in [9.17, 15) is 18.0 Å². The Morgan fingerprint density at radius 3 is 2.69 bits per heavy atom. The number of nitrogens with zero attached hydrogens (tertiary/aromatic N) is 1. The highest BCUT2D eigenvalue weighted by Crippen LogP contribution is 2.34. The maximum atomic E-state index is 14.9. The second-order valence-electron chi connectivity index (χ2n) is 8.53. The van der Waals surface area contributed by atoms with Gasteiger partial charge in [0.15, 0.2) is 6.10 Å². The monoisotopic (exact) mass is 523 g/mol. The molecule has 1 N–H and O–H groups in total. The number of benzene rings is 2. The van der Waals surface area contributed by atoms with Gasteiger partial charge in [0.1, 0.15) is 49.6 Å². The van der Waals surface area contributed by atoms with Crippen LogP contribution in [-0.2, 0) is 11.4 Å². The first-order chi connectivity index (χ1) is 17.4. The molecule has 0 aliphatic carbocycles. The lowest BCUT2D eigenvalue weighted by Gasteiger charge is -2.28. The second kappa shape index (κ2) is 11.7. The van der Waals surface area contributed by atoms with Crippen molar-refractivity contribution >= 4 is 23.6 Å². The van der Waals surface area contributed by atoms with Gasteiger partial charge in [-0.1, -0.05) is 23.7 Å². The van der Waals surface area contributed by atoms with Gasteiger partial charge in [-0.15, -0.1) is 0 Å². The molecule has 0 unspecified atom stereocenters. The zero-order valence-electron chi connectivity index (χ0n) is 19.3. The maximum absolute atomic E-state index is 14.9. The lowest BCUT2D eigenvalue weighted by Crippen LogP contribution is -2.33. The van der Waals surface area contributed by atoms with Gasteiger partial charge in [0, 0.05) is 37.3 Å². The van der Waals surface area contributed by atoms with Gasteiger partial charge in [-0.2, -0.15) is 0 Å². The molecule has 0 spiro atoms. The number of alkyl halides is 2. The van der Waals surface area contributed by atoms with Crippen molar-refractivity contribution < 1.29 is 37.3 Å². The van der Waals surface area contributed by atoms with Crippen LogP contribution in [0.5, 0.6) is 17.2 Å². The Bertz CT molecular complexity index is 1180. The van der Waals surface area contributed by atoms with Crippen LogP contribution in [0.2, 0.25) is 5.02 Å². The first-order valence-electron chi connectivity index (χ1n) is 11.4. The molecule has 2 aliphatic heterocycles. The summed E-state index contributed by atoms with van der Waals surface area (Å²) in [5.41, 5.74) is 2.30. The number of hydrogen-bond acceptors (Lipinski definition) is 5. The summed E-state index contributed by atoms with van der Waals surface area (Å²) in [5.74, 6) is -0.572. The van der Waals surface area contributed by atoms with Crippen molar-refractivity contribution in [3.63, 3.8) is 0 Å². The van der Waals surface area contributed by atoms with Gasteiger partial charge in [-0.05, 0) is 35.8 Å². The topological polar surface area (TPSA) is 68.2 Å². The smallest absolute Gasteiger partial charge is 0.331 e. The van der Waals surface area contributed by atoms with Crippen molar-refractivity contribution in [2.45, 2.75) is 19.1 Å². The molecule has 0 saturated carbocycles. The fraction of sp³-hybridized carbons (Fsp3) is 0.346. The Hall–Kier alpha value is -3.17. The Kier molecular flexibility index (Phi) is 8.43. The molecule has 6 nitrogen and oxygen atoms in total. The standard InChI is InChI=1S/C26H25ClF3NO5/c27-22-8-16(1-2-24(22)36-20(11-28)12-29)14-34-19-9-23(30)21-7-17(15-35-25(21)10-19)13-31-5-3-18(4-6-31)26(32)33/h1-3,7-10,20H,4-6,11-15H2,(H,32,33). The number of fused-ring (bicyclic) bond motifs is 1. The van der Waals surface area contributed by atoms with Gasteiger partial charge >= 0.3 is 5.97 Å². The van der Waals surface area contributed by atoms with Gasteiger partial charge in [-0.25, -0.2) is 18.0 Å². The maximum Gasteiger partial charge on any atom is 0.331 e. The number of rotatable bonds is 10. The fourth-order valence-electron chi connectivity index (χ4n) is 3.94. The number of carbonyl (C=O) groups is 1. The van der Waals surface area contributed by atoms with Gasteiger partial charge < -0.3 is 19.3 Å². The van der Waals surface area contributed by atoms with Gasteiger partial charge in [0.2, 0.25) is 0 Å². The molecule has 0 atom stereocenters. The summed E-state index contributed by atoms with van der Waals surface area (Å²) in [5, 5.41) is 9.26. The predicted molar refractivity (Wildman–Crippen MR) is 129 cm³/mol. The van der Waals surface area contributed by atoms with Crippen LogP contribution in [0.1, 0.15) is 17.5 Å². The van der Waals surface area contributed by atoms with E-state index in [1.165, 1.54) is 12.1 Å². The molecular weight excluding hydrogens is 499 g/mol. The van der Waals surface area contributed by atoms with Crippen LogP contribution < -0.4 is 14.2 Å². The summed E-state index contributed by atoms with van der Waals surface area (Å²) in [7, 11) is 0.